The highest BCUT2D eigenvalue weighted by molar-refractivity contribution is 7.78. The first-order chi connectivity index (χ1) is 7.19. The summed E-state index contributed by atoms with van der Waals surface area (Å²) in [6.45, 7) is 1.92. The molecule has 0 aromatic heterocycles. The van der Waals surface area contributed by atoms with Crippen molar-refractivity contribution in [3.63, 3.8) is 0 Å². The highest BCUT2D eigenvalue weighted by Gasteiger charge is 2.04. The van der Waals surface area contributed by atoms with Gasteiger partial charge in [-0.15, -0.1) is 0 Å². The molecule has 0 N–H and O–H groups in total. The van der Waals surface area contributed by atoms with Crippen molar-refractivity contribution in [3.8, 4) is 0 Å². The molecule has 2 nitrogen and oxygen atoms in total. The maximum atomic E-state index is 5.95. The van der Waals surface area contributed by atoms with Crippen LogP contribution in [0, 0.1) is 0 Å². The molecule has 0 bridgehead atoms. The fourth-order valence-electron chi connectivity index (χ4n) is 0.961. The summed E-state index contributed by atoms with van der Waals surface area (Å²) in [6, 6.07) is 5.21. The number of hydrogen-bond acceptors (Lipinski definition) is 2. The normalized spacial score (nSPS) is 11.0. The lowest BCUT2D eigenvalue weighted by molar-refractivity contribution is 1.24. The molecule has 0 amide bonds. The van der Waals surface area contributed by atoms with Crippen molar-refractivity contribution in [1.29, 1.82) is 0 Å². The third-order valence-electron chi connectivity index (χ3n) is 1.67. The van der Waals surface area contributed by atoms with Gasteiger partial charge in [0.15, 0.2) is 0 Å². The number of thiocarbonyl (C=S) groups is 1. The van der Waals surface area contributed by atoms with Gasteiger partial charge in [-0.05, 0) is 24.4 Å². The highest BCUT2D eigenvalue weighted by Crippen LogP contribution is 2.32. The number of nitrogens with zero attached hydrogens (tertiary/aromatic N) is 2. The summed E-state index contributed by atoms with van der Waals surface area (Å²) in [4.78, 5) is 8.04. The molecule has 0 spiro atoms. The zero-order valence-corrected chi connectivity index (χ0v) is 10.3. The molecule has 0 aliphatic heterocycles. The van der Waals surface area contributed by atoms with E-state index in [1.165, 1.54) is 0 Å². The second-order valence-electron chi connectivity index (χ2n) is 2.65. The van der Waals surface area contributed by atoms with E-state index in [0.29, 0.717) is 28.0 Å². The summed E-state index contributed by atoms with van der Waals surface area (Å²) >= 11 is 16.4. The second kappa shape index (κ2) is 5.99. The Balaban J connectivity index is 3.21. The average molecular weight is 259 g/mol. The number of isothiocyanates is 1. The summed E-state index contributed by atoms with van der Waals surface area (Å²) in [6.07, 6.45) is 0.644. The maximum Gasteiger partial charge on any atom is 0.139 e. The third kappa shape index (κ3) is 3.40. The van der Waals surface area contributed by atoms with Crippen molar-refractivity contribution in [2.45, 2.75) is 13.3 Å². The van der Waals surface area contributed by atoms with Gasteiger partial charge in [0.25, 0.3) is 0 Å². The van der Waals surface area contributed by atoms with E-state index in [4.69, 9.17) is 23.2 Å². The number of benzene rings is 1. The SMILES string of the molecule is CCC(N=C=S)=Nc1c(Cl)cccc1Cl. The van der Waals surface area contributed by atoms with Gasteiger partial charge >= 0.3 is 0 Å². The molecule has 1 aromatic rings. The molecule has 0 atom stereocenters. The molecular formula is C10H8Cl2N2S. The number of rotatable bonds is 2. The van der Waals surface area contributed by atoms with Crippen LogP contribution in [-0.2, 0) is 0 Å². The number of aliphatic imine (C=N–C) groups is 2. The maximum absolute atomic E-state index is 5.95. The van der Waals surface area contributed by atoms with Gasteiger partial charge in [0, 0.05) is 6.42 Å². The first kappa shape index (κ1) is 12.3. The summed E-state index contributed by atoms with van der Waals surface area (Å²) in [5, 5.41) is 3.26. The van der Waals surface area contributed by atoms with Gasteiger partial charge < -0.3 is 0 Å². The Hall–Kier alpha value is -0.730. The van der Waals surface area contributed by atoms with E-state index in [1.807, 2.05) is 6.92 Å². The minimum Gasteiger partial charge on any atom is -0.230 e. The molecule has 15 heavy (non-hydrogen) atoms. The molecule has 0 fully saturated rings. The van der Waals surface area contributed by atoms with Crippen molar-refractivity contribution in [2.24, 2.45) is 9.98 Å². The van der Waals surface area contributed by atoms with Crippen LogP contribution in [0.5, 0.6) is 0 Å². The minimum atomic E-state index is 0.494. The Kier molecular flexibility index (Phi) is 4.92. The van der Waals surface area contributed by atoms with Gasteiger partial charge in [-0.3, -0.25) is 0 Å². The van der Waals surface area contributed by atoms with E-state index < -0.39 is 0 Å². The van der Waals surface area contributed by atoms with Gasteiger partial charge in [0.1, 0.15) is 11.5 Å². The van der Waals surface area contributed by atoms with Crippen molar-refractivity contribution in [3.05, 3.63) is 28.2 Å². The van der Waals surface area contributed by atoms with E-state index in [1.54, 1.807) is 18.2 Å². The Labute approximate surface area is 104 Å². The standard InChI is InChI=1S/C10H8Cl2N2S/c1-2-9(13-6-15)14-10-7(11)4-3-5-8(10)12/h3-5H,2H2,1H3. The first-order valence-corrected chi connectivity index (χ1v) is 5.45. The molecule has 0 unspecified atom stereocenters. The zero-order valence-electron chi connectivity index (χ0n) is 8.00. The van der Waals surface area contributed by atoms with E-state index >= 15 is 0 Å². The van der Waals surface area contributed by atoms with Crippen molar-refractivity contribution in [2.75, 3.05) is 0 Å². The smallest absolute Gasteiger partial charge is 0.139 e. The summed E-state index contributed by atoms with van der Waals surface area (Å²) < 4.78 is 0. The highest BCUT2D eigenvalue weighted by atomic mass is 35.5. The number of hydrogen-bond donors (Lipinski definition) is 0. The quantitative estimate of drug-likeness (QED) is 0.435. The molecule has 1 rings (SSSR count). The molecule has 1 aromatic carbocycles. The lowest BCUT2D eigenvalue weighted by Gasteiger charge is -2.01. The van der Waals surface area contributed by atoms with Gasteiger partial charge in [-0.1, -0.05) is 36.2 Å². The molecular weight excluding hydrogens is 251 g/mol. The largest absolute Gasteiger partial charge is 0.230 e. The van der Waals surface area contributed by atoms with Crippen LogP contribution in [0.15, 0.2) is 28.2 Å². The molecule has 0 saturated heterocycles. The fraction of sp³-hybridized carbons (Fsp3) is 0.200. The van der Waals surface area contributed by atoms with Crippen LogP contribution in [-0.4, -0.2) is 11.0 Å². The lowest BCUT2D eigenvalue weighted by atomic mass is 10.3. The van der Waals surface area contributed by atoms with E-state index in [0.717, 1.165) is 0 Å². The van der Waals surface area contributed by atoms with Crippen LogP contribution in [0.3, 0.4) is 0 Å². The Morgan fingerprint density at radius 3 is 2.47 bits per heavy atom. The molecule has 78 valence electrons. The molecule has 0 saturated carbocycles. The predicted molar refractivity (Wildman–Crippen MR) is 68.9 cm³/mol. The zero-order chi connectivity index (χ0) is 11.3. The van der Waals surface area contributed by atoms with Crippen molar-refractivity contribution >= 4 is 52.1 Å². The predicted octanol–water partition coefficient (Wildman–Crippen LogP) is 4.54. The van der Waals surface area contributed by atoms with Crippen LogP contribution in [0.25, 0.3) is 0 Å². The number of halogens is 2. The number of amidine groups is 1. The van der Waals surface area contributed by atoms with Crippen molar-refractivity contribution < 1.29 is 0 Å². The van der Waals surface area contributed by atoms with Gasteiger partial charge in [-0.2, -0.15) is 4.99 Å². The van der Waals surface area contributed by atoms with E-state index in [9.17, 15) is 0 Å². The number of para-hydroxylation sites is 1. The van der Waals surface area contributed by atoms with Gasteiger partial charge in [-0.25, -0.2) is 4.99 Å². The lowest BCUT2D eigenvalue weighted by Crippen LogP contribution is -1.89. The van der Waals surface area contributed by atoms with E-state index in [2.05, 4.69) is 27.4 Å². The van der Waals surface area contributed by atoms with Gasteiger partial charge in [0.05, 0.1) is 15.2 Å². The first-order valence-electron chi connectivity index (χ1n) is 4.28. The minimum absolute atomic E-state index is 0.494. The Morgan fingerprint density at radius 1 is 1.40 bits per heavy atom. The van der Waals surface area contributed by atoms with Crippen LogP contribution in [0.1, 0.15) is 13.3 Å². The summed E-state index contributed by atoms with van der Waals surface area (Å²) in [5.74, 6) is 0.556. The van der Waals surface area contributed by atoms with Crippen LogP contribution in [0.2, 0.25) is 10.0 Å². The van der Waals surface area contributed by atoms with Crippen LogP contribution >= 0.6 is 35.4 Å². The second-order valence-corrected chi connectivity index (χ2v) is 3.65. The molecule has 5 heteroatoms. The molecule has 0 aliphatic carbocycles. The van der Waals surface area contributed by atoms with E-state index in [-0.39, 0.29) is 0 Å². The van der Waals surface area contributed by atoms with Crippen LogP contribution in [0.4, 0.5) is 5.69 Å². The topological polar surface area (TPSA) is 24.7 Å². The third-order valence-corrected chi connectivity index (χ3v) is 2.37. The summed E-state index contributed by atoms with van der Waals surface area (Å²) in [5.41, 5.74) is 0.520. The summed E-state index contributed by atoms with van der Waals surface area (Å²) in [7, 11) is 0. The van der Waals surface area contributed by atoms with Crippen molar-refractivity contribution in [1.82, 2.24) is 0 Å². The molecule has 0 heterocycles. The Bertz CT molecular complexity index is 417. The Morgan fingerprint density at radius 2 is 2.00 bits per heavy atom. The van der Waals surface area contributed by atoms with Gasteiger partial charge in [0.2, 0.25) is 0 Å². The molecule has 0 aliphatic rings. The fourth-order valence-corrected chi connectivity index (χ4v) is 1.55. The average Bonchev–Trinajstić information content (AvgIpc) is 2.22. The van der Waals surface area contributed by atoms with Crippen LogP contribution < -0.4 is 0 Å². The monoisotopic (exact) mass is 258 g/mol. The molecule has 0 radical (unpaired) electrons.